The van der Waals surface area contributed by atoms with E-state index >= 15 is 0 Å². The van der Waals surface area contributed by atoms with E-state index in [1.807, 2.05) is 0 Å². The molecule has 2 heterocycles. The summed E-state index contributed by atoms with van der Waals surface area (Å²) < 4.78 is 0.902. The van der Waals surface area contributed by atoms with Crippen molar-refractivity contribution in [2.24, 2.45) is 5.92 Å². The molecule has 1 aliphatic rings. The lowest BCUT2D eigenvalue weighted by atomic mass is 10.0. The van der Waals surface area contributed by atoms with E-state index in [1.165, 1.54) is 11.3 Å². The Balaban J connectivity index is 1.95. The molecule has 1 aliphatic heterocycles. The van der Waals surface area contributed by atoms with Crippen molar-refractivity contribution in [2.75, 3.05) is 13.1 Å². The Bertz CT molecular complexity index is 503. The molecule has 0 bridgehead atoms. The van der Waals surface area contributed by atoms with Gasteiger partial charge in [0.15, 0.2) is 0 Å². The van der Waals surface area contributed by atoms with Gasteiger partial charge in [-0.3, -0.25) is 9.59 Å². The van der Waals surface area contributed by atoms with Crippen molar-refractivity contribution in [1.82, 2.24) is 4.90 Å². The van der Waals surface area contributed by atoms with Crippen molar-refractivity contribution in [3.63, 3.8) is 0 Å². The van der Waals surface area contributed by atoms with Crippen LogP contribution in [0.1, 0.15) is 29.6 Å². The maximum atomic E-state index is 12.2. The van der Waals surface area contributed by atoms with Crippen LogP contribution in [0.2, 0.25) is 8.67 Å². The molecule has 0 radical (unpaired) electrons. The molecule has 1 saturated heterocycles. The molecule has 1 amide bonds. The molecular formula is C12H13Cl2NO3S. The molecule has 0 aromatic carbocycles. The van der Waals surface area contributed by atoms with Gasteiger partial charge >= 0.3 is 5.97 Å². The molecule has 1 fully saturated rings. The molecule has 2 rings (SSSR count). The Kier molecular flexibility index (Phi) is 4.71. The van der Waals surface area contributed by atoms with Crippen LogP contribution in [-0.4, -0.2) is 35.0 Å². The highest BCUT2D eigenvalue weighted by Gasteiger charge is 2.28. The number of aliphatic carboxylic acids is 1. The first kappa shape index (κ1) is 14.6. The summed E-state index contributed by atoms with van der Waals surface area (Å²) in [6, 6.07) is 1.58. The van der Waals surface area contributed by atoms with Crippen molar-refractivity contribution >= 4 is 46.4 Å². The molecule has 1 atom stereocenters. The van der Waals surface area contributed by atoms with Gasteiger partial charge < -0.3 is 10.0 Å². The lowest BCUT2D eigenvalue weighted by Crippen LogP contribution is -2.28. The van der Waals surface area contributed by atoms with Crippen molar-refractivity contribution < 1.29 is 14.7 Å². The molecular weight excluding hydrogens is 309 g/mol. The molecule has 1 aromatic rings. The minimum absolute atomic E-state index is 0.119. The molecule has 4 nitrogen and oxygen atoms in total. The summed E-state index contributed by atoms with van der Waals surface area (Å²) in [6.45, 7) is 1.24. The van der Waals surface area contributed by atoms with Crippen LogP contribution >= 0.6 is 34.5 Å². The van der Waals surface area contributed by atoms with Gasteiger partial charge in [0.1, 0.15) is 4.34 Å². The Morgan fingerprint density at radius 2 is 2.21 bits per heavy atom. The van der Waals surface area contributed by atoms with E-state index in [4.69, 9.17) is 28.3 Å². The zero-order chi connectivity index (χ0) is 14.0. The number of thiophene rings is 1. The predicted octanol–water partition coefficient (Wildman–Crippen LogP) is 3.38. The Hall–Kier alpha value is -0.780. The number of carbonyl (C=O) groups excluding carboxylic acids is 1. The van der Waals surface area contributed by atoms with E-state index in [2.05, 4.69) is 0 Å². The Morgan fingerprint density at radius 1 is 1.47 bits per heavy atom. The maximum Gasteiger partial charge on any atom is 0.303 e. The predicted molar refractivity (Wildman–Crippen MR) is 75.2 cm³/mol. The molecule has 1 aromatic heterocycles. The van der Waals surface area contributed by atoms with Crippen molar-refractivity contribution in [2.45, 2.75) is 19.3 Å². The number of hydrogen-bond donors (Lipinski definition) is 1. The first-order valence-corrected chi connectivity index (χ1v) is 7.50. The lowest BCUT2D eigenvalue weighted by Gasteiger charge is -2.15. The van der Waals surface area contributed by atoms with Crippen LogP contribution in [-0.2, 0) is 4.79 Å². The second-order valence-electron chi connectivity index (χ2n) is 4.58. The van der Waals surface area contributed by atoms with E-state index < -0.39 is 5.97 Å². The number of amides is 1. The number of likely N-dealkylation sites (tertiary alicyclic amines) is 1. The molecule has 0 saturated carbocycles. The SMILES string of the molecule is O=C(O)CCC1CCN(C(=O)c2cc(Cl)sc2Cl)C1. The fourth-order valence-corrected chi connectivity index (χ4v) is 3.68. The summed E-state index contributed by atoms with van der Waals surface area (Å²) in [5, 5.41) is 8.65. The highest BCUT2D eigenvalue weighted by Crippen LogP contribution is 2.33. The molecule has 104 valence electrons. The quantitative estimate of drug-likeness (QED) is 0.924. The third-order valence-electron chi connectivity index (χ3n) is 3.23. The van der Waals surface area contributed by atoms with Crippen LogP contribution in [0.4, 0.5) is 0 Å². The van der Waals surface area contributed by atoms with Crippen molar-refractivity contribution in [3.05, 3.63) is 20.3 Å². The number of halogens is 2. The highest BCUT2D eigenvalue weighted by molar-refractivity contribution is 7.20. The van der Waals surface area contributed by atoms with E-state index in [1.54, 1.807) is 11.0 Å². The normalized spacial score (nSPS) is 18.8. The van der Waals surface area contributed by atoms with Crippen LogP contribution in [0, 0.1) is 5.92 Å². The van der Waals surface area contributed by atoms with Crippen molar-refractivity contribution in [1.29, 1.82) is 0 Å². The topological polar surface area (TPSA) is 57.6 Å². The zero-order valence-corrected chi connectivity index (χ0v) is 12.4. The highest BCUT2D eigenvalue weighted by atomic mass is 35.5. The Labute approximate surface area is 124 Å². The first-order chi connectivity index (χ1) is 8.97. The monoisotopic (exact) mass is 321 g/mol. The zero-order valence-electron chi connectivity index (χ0n) is 10.1. The average Bonchev–Trinajstić information content (AvgIpc) is 2.92. The summed E-state index contributed by atoms with van der Waals surface area (Å²) >= 11 is 13.0. The maximum absolute atomic E-state index is 12.2. The molecule has 0 aliphatic carbocycles. The first-order valence-electron chi connectivity index (χ1n) is 5.93. The van der Waals surface area contributed by atoms with Crippen molar-refractivity contribution in [3.8, 4) is 0 Å². The lowest BCUT2D eigenvalue weighted by molar-refractivity contribution is -0.137. The number of carboxylic acids is 1. The van der Waals surface area contributed by atoms with Crippen LogP contribution in [0.3, 0.4) is 0 Å². The van der Waals surface area contributed by atoms with Gasteiger partial charge in [0.25, 0.3) is 5.91 Å². The number of carboxylic acid groups (broad SMARTS) is 1. The fourth-order valence-electron chi connectivity index (χ4n) is 2.24. The standard InChI is InChI=1S/C12H13Cl2NO3S/c13-9-5-8(11(14)19-9)12(18)15-4-3-7(6-15)1-2-10(16)17/h5,7H,1-4,6H2,(H,16,17). The Morgan fingerprint density at radius 3 is 2.79 bits per heavy atom. The van der Waals surface area contributed by atoms with Crippen LogP contribution in [0.25, 0.3) is 0 Å². The molecule has 7 heteroatoms. The van der Waals surface area contributed by atoms with Gasteiger partial charge in [-0.05, 0) is 24.8 Å². The summed E-state index contributed by atoms with van der Waals surface area (Å²) in [7, 11) is 0. The number of rotatable bonds is 4. The van der Waals surface area contributed by atoms with Gasteiger partial charge in [-0.25, -0.2) is 0 Å². The molecule has 19 heavy (non-hydrogen) atoms. The molecule has 0 spiro atoms. The fraction of sp³-hybridized carbons (Fsp3) is 0.500. The van der Waals surface area contributed by atoms with Crippen LogP contribution in [0.15, 0.2) is 6.07 Å². The minimum Gasteiger partial charge on any atom is -0.481 e. The summed E-state index contributed by atoms with van der Waals surface area (Å²) in [6.07, 6.45) is 1.60. The van der Waals surface area contributed by atoms with E-state index in [0.717, 1.165) is 6.42 Å². The number of carbonyl (C=O) groups is 2. The summed E-state index contributed by atoms with van der Waals surface area (Å²) in [4.78, 5) is 24.5. The third kappa shape index (κ3) is 3.61. The van der Waals surface area contributed by atoms with Gasteiger partial charge in [0.2, 0.25) is 0 Å². The summed E-state index contributed by atoms with van der Waals surface area (Å²) in [5.41, 5.74) is 0.440. The van der Waals surface area contributed by atoms with Gasteiger partial charge in [-0.15, -0.1) is 11.3 Å². The van der Waals surface area contributed by atoms with E-state index in [-0.39, 0.29) is 18.2 Å². The number of hydrogen-bond acceptors (Lipinski definition) is 3. The van der Waals surface area contributed by atoms with E-state index in [9.17, 15) is 9.59 Å². The molecule has 1 unspecified atom stereocenters. The summed E-state index contributed by atoms with van der Waals surface area (Å²) in [5.74, 6) is -0.656. The van der Waals surface area contributed by atoms with Gasteiger partial charge in [-0.1, -0.05) is 23.2 Å². The largest absolute Gasteiger partial charge is 0.481 e. The second-order valence-corrected chi connectivity index (χ2v) is 6.86. The molecule has 1 N–H and O–H groups in total. The number of nitrogens with zero attached hydrogens (tertiary/aromatic N) is 1. The van der Waals surface area contributed by atoms with Gasteiger partial charge in [-0.2, -0.15) is 0 Å². The van der Waals surface area contributed by atoms with Gasteiger partial charge in [0.05, 0.1) is 9.90 Å². The van der Waals surface area contributed by atoms with E-state index in [0.29, 0.717) is 33.7 Å². The van der Waals surface area contributed by atoms with Crippen LogP contribution < -0.4 is 0 Å². The van der Waals surface area contributed by atoms with Crippen LogP contribution in [0.5, 0.6) is 0 Å². The second kappa shape index (κ2) is 6.11. The van der Waals surface area contributed by atoms with Gasteiger partial charge in [0, 0.05) is 19.5 Å². The average molecular weight is 322 g/mol. The third-order valence-corrected chi connectivity index (χ3v) is 4.71. The minimum atomic E-state index is -0.794. The smallest absolute Gasteiger partial charge is 0.303 e.